The third-order valence-electron chi connectivity index (χ3n) is 1.51. The fraction of sp³-hybridized carbons (Fsp3) is 0.333. The Morgan fingerprint density at radius 2 is 1.93 bits per heavy atom. The van der Waals surface area contributed by atoms with Gasteiger partial charge in [-0.3, -0.25) is 0 Å². The Labute approximate surface area is 117 Å². The van der Waals surface area contributed by atoms with Gasteiger partial charge in [0.15, 0.2) is 5.75 Å². The first kappa shape index (κ1) is 15.3. The molecule has 0 aliphatic carbocycles. The van der Waals surface area contributed by atoms with Crippen molar-refractivity contribution in [1.29, 1.82) is 0 Å². The second kappa shape index (κ2) is 6.76. The van der Waals surface area contributed by atoms with Crippen LogP contribution in [0.15, 0.2) is 24.3 Å². The molecule has 0 spiro atoms. The summed E-state index contributed by atoms with van der Waals surface area (Å²) in [5.41, 5.74) is 0. The molecule has 0 aromatic heterocycles. The minimum absolute atomic E-state index is 0. The molecule has 0 bridgehead atoms. The van der Waals surface area contributed by atoms with E-state index in [-0.39, 0.29) is 41.1 Å². The second-order valence-corrected chi connectivity index (χ2v) is 4.87. The van der Waals surface area contributed by atoms with Crippen molar-refractivity contribution in [3.63, 3.8) is 0 Å². The zero-order chi connectivity index (χ0) is 10.6. The number of hydrogen-bond donors (Lipinski definition) is 0. The van der Waals surface area contributed by atoms with E-state index in [2.05, 4.69) is 0 Å². The van der Waals surface area contributed by atoms with Gasteiger partial charge >= 0.3 is 39.7 Å². The van der Waals surface area contributed by atoms with Crippen LogP contribution in [0.1, 0.15) is 13.3 Å². The van der Waals surface area contributed by atoms with Crippen LogP contribution in [0.25, 0.3) is 0 Å². The van der Waals surface area contributed by atoms with Crippen LogP contribution in [-0.4, -0.2) is 43.7 Å². The molecule has 1 rings (SSSR count). The average molecular weight is 259 g/mol. The van der Waals surface area contributed by atoms with Gasteiger partial charge in [0.25, 0.3) is 0 Å². The van der Waals surface area contributed by atoms with Gasteiger partial charge in [-0.1, -0.05) is 30.7 Å². The molecule has 0 atom stereocenters. The predicted octanol–water partition coefficient (Wildman–Crippen LogP) is 1.81. The van der Waals surface area contributed by atoms with Crippen molar-refractivity contribution >= 4 is 51.3 Å². The molecule has 1 aromatic carbocycles. The molecule has 0 aliphatic rings. The second-order valence-electron chi connectivity index (χ2n) is 2.78. The van der Waals surface area contributed by atoms with Gasteiger partial charge < -0.3 is 4.18 Å². The van der Waals surface area contributed by atoms with Crippen molar-refractivity contribution in [3.8, 4) is 5.75 Å². The summed E-state index contributed by atoms with van der Waals surface area (Å²) in [6, 6.07) is 6.48. The van der Waals surface area contributed by atoms with Crippen LogP contribution < -0.4 is 4.18 Å². The molecule has 0 radical (unpaired) electrons. The SMILES string of the molecule is CCCS(=O)(=O)Oc1ccccc1Cl.[NaH]. The van der Waals surface area contributed by atoms with Gasteiger partial charge in [-0.25, -0.2) is 0 Å². The first-order chi connectivity index (χ1) is 6.55. The molecule has 0 heterocycles. The summed E-state index contributed by atoms with van der Waals surface area (Å²) in [6.07, 6.45) is 0.521. The van der Waals surface area contributed by atoms with Crippen LogP contribution >= 0.6 is 11.6 Å². The Bertz CT molecular complexity index is 406. The normalized spacial score (nSPS) is 10.5. The van der Waals surface area contributed by atoms with E-state index in [1.54, 1.807) is 25.1 Å². The van der Waals surface area contributed by atoms with Crippen LogP contribution in [0, 0.1) is 0 Å². The van der Waals surface area contributed by atoms with E-state index in [0.717, 1.165) is 0 Å². The zero-order valence-electron chi connectivity index (χ0n) is 7.73. The van der Waals surface area contributed by atoms with Crippen molar-refractivity contribution in [2.24, 2.45) is 0 Å². The molecule has 3 nitrogen and oxygen atoms in total. The monoisotopic (exact) mass is 258 g/mol. The Balaban J connectivity index is 0.00000196. The Morgan fingerprint density at radius 1 is 1.33 bits per heavy atom. The summed E-state index contributed by atoms with van der Waals surface area (Å²) in [4.78, 5) is 0. The third kappa shape index (κ3) is 5.22. The van der Waals surface area contributed by atoms with Gasteiger partial charge in [0.1, 0.15) is 0 Å². The summed E-state index contributed by atoms with van der Waals surface area (Å²) in [7, 11) is -3.49. The van der Waals surface area contributed by atoms with E-state index in [4.69, 9.17) is 15.8 Å². The Kier molecular flexibility index (Phi) is 6.88. The number of benzene rings is 1. The number of para-hydroxylation sites is 1. The van der Waals surface area contributed by atoms with E-state index in [1.165, 1.54) is 6.07 Å². The third-order valence-corrected chi connectivity index (χ3v) is 3.16. The van der Waals surface area contributed by atoms with Gasteiger partial charge in [0, 0.05) is 0 Å². The molecule has 0 fully saturated rings. The van der Waals surface area contributed by atoms with Crippen LogP contribution in [0.5, 0.6) is 5.75 Å². The van der Waals surface area contributed by atoms with Crippen LogP contribution in [0.2, 0.25) is 5.02 Å². The van der Waals surface area contributed by atoms with Crippen molar-refractivity contribution in [2.75, 3.05) is 5.75 Å². The standard InChI is InChI=1S/C9H11ClO3S.Na.H/c1-2-7-14(11,12)13-9-6-4-3-5-8(9)10;;/h3-6H,2,7H2,1H3;;. The van der Waals surface area contributed by atoms with Gasteiger partial charge in [0.2, 0.25) is 0 Å². The van der Waals surface area contributed by atoms with Gasteiger partial charge in [-0.05, 0) is 18.6 Å². The molecular weight excluding hydrogens is 247 g/mol. The topological polar surface area (TPSA) is 43.4 Å². The number of hydrogen-bond acceptors (Lipinski definition) is 3. The quantitative estimate of drug-likeness (QED) is 0.611. The first-order valence-electron chi connectivity index (χ1n) is 4.22. The molecule has 0 amide bonds. The van der Waals surface area contributed by atoms with E-state index < -0.39 is 10.1 Å². The fourth-order valence-corrected chi connectivity index (χ4v) is 2.16. The van der Waals surface area contributed by atoms with Gasteiger partial charge in [0.05, 0.1) is 10.8 Å². The Hall–Kier alpha value is 0.260. The van der Waals surface area contributed by atoms with Crippen molar-refractivity contribution < 1.29 is 12.6 Å². The molecule has 80 valence electrons. The minimum atomic E-state index is -3.49. The molecule has 15 heavy (non-hydrogen) atoms. The summed E-state index contributed by atoms with van der Waals surface area (Å²) < 4.78 is 27.4. The van der Waals surface area contributed by atoms with E-state index >= 15 is 0 Å². The summed E-state index contributed by atoms with van der Waals surface area (Å²) in [5, 5.41) is 0.298. The Morgan fingerprint density at radius 3 is 2.47 bits per heavy atom. The molecule has 0 N–H and O–H groups in total. The summed E-state index contributed by atoms with van der Waals surface area (Å²) in [6.45, 7) is 1.77. The maximum absolute atomic E-state index is 11.3. The van der Waals surface area contributed by atoms with E-state index in [9.17, 15) is 8.42 Å². The van der Waals surface area contributed by atoms with Crippen molar-refractivity contribution in [2.45, 2.75) is 13.3 Å². The molecule has 0 aliphatic heterocycles. The van der Waals surface area contributed by atoms with Crippen molar-refractivity contribution in [3.05, 3.63) is 29.3 Å². The van der Waals surface area contributed by atoms with Crippen LogP contribution in [-0.2, 0) is 10.1 Å². The molecule has 1 aromatic rings. The van der Waals surface area contributed by atoms with E-state index in [1.807, 2.05) is 0 Å². The van der Waals surface area contributed by atoms with Gasteiger partial charge in [-0.15, -0.1) is 0 Å². The molecule has 0 saturated carbocycles. The van der Waals surface area contributed by atoms with Crippen LogP contribution in [0.3, 0.4) is 0 Å². The zero-order valence-corrected chi connectivity index (χ0v) is 9.31. The van der Waals surface area contributed by atoms with E-state index in [0.29, 0.717) is 11.4 Å². The fourth-order valence-electron chi connectivity index (χ4n) is 0.941. The molecule has 0 unspecified atom stereocenters. The summed E-state index contributed by atoms with van der Waals surface area (Å²) in [5.74, 6) is 0.181. The number of halogens is 1. The maximum atomic E-state index is 11.3. The van der Waals surface area contributed by atoms with Gasteiger partial charge in [-0.2, -0.15) is 8.42 Å². The molecular formula is C9H12ClNaO3S. The first-order valence-corrected chi connectivity index (χ1v) is 6.17. The van der Waals surface area contributed by atoms with Crippen molar-refractivity contribution in [1.82, 2.24) is 0 Å². The number of rotatable bonds is 4. The molecule has 0 saturated heterocycles. The predicted molar refractivity (Wildman–Crippen MR) is 63.3 cm³/mol. The average Bonchev–Trinajstić information content (AvgIpc) is 2.08. The summed E-state index contributed by atoms with van der Waals surface area (Å²) >= 11 is 5.74. The molecule has 6 heteroatoms. The van der Waals surface area contributed by atoms with Crippen LogP contribution in [0.4, 0.5) is 0 Å².